The quantitative estimate of drug-likeness (QED) is 0.636. The topological polar surface area (TPSA) is 62.7 Å². The molecule has 0 unspecified atom stereocenters. The first-order valence-corrected chi connectivity index (χ1v) is 7.06. The Balaban J connectivity index is 1.92. The number of ether oxygens (including phenoxy) is 1. The number of rotatable bonds is 6. The molecule has 6 heteroatoms. The molecule has 23 heavy (non-hydrogen) atoms. The average Bonchev–Trinajstić information content (AvgIpc) is 2.58. The summed E-state index contributed by atoms with van der Waals surface area (Å²) < 4.78 is 18.8. The number of carbonyl (C=O) groups excluding carboxylic acids is 1. The van der Waals surface area contributed by atoms with Gasteiger partial charge < -0.3 is 10.1 Å². The van der Waals surface area contributed by atoms with Gasteiger partial charge in [0.25, 0.3) is 5.91 Å². The average molecular weight is 315 g/mol. The van der Waals surface area contributed by atoms with Crippen molar-refractivity contribution in [3.63, 3.8) is 0 Å². The second kappa shape index (κ2) is 7.93. The fourth-order valence-corrected chi connectivity index (χ4v) is 1.97. The maximum absolute atomic E-state index is 13.6. The first-order chi connectivity index (χ1) is 11.1. The summed E-state index contributed by atoms with van der Waals surface area (Å²) in [5.74, 6) is -0.0759. The molecule has 0 aliphatic carbocycles. The number of halogens is 1. The van der Waals surface area contributed by atoms with E-state index in [-0.39, 0.29) is 18.3 Å². The standard InChI is InChI=1S/C17H18FN3O2/c1-12(13-7-3-4-8-14(13)18)20-21-17(22)11-19-15-9-5-6-10-16(15)23-2/h3-10,19H,11H2,1-2H3,(H,21,22)/b20-12-. The Kier molecular flexibility index (Phi) is 5.68. The van der Waals surface area contributed by atoms with Crippen LogP contribution in [-0.2, 0) is 4.79 Å². The van der Waals surface area contributed by atoms with Gasteiger partial charge in [0.1, 0.15) is 11.6 Å². The van der Waals surface area contributed by atoms with Crippen molar-refractivity contribution in [1.82, 2.24) is 5.43 Å². The molecule has 0 aliphatic rings. The van der Waals surface area contributed by atoms with E-state index in [0.29, 0.717) is 22.7 Å². The molecule has 120 valence electrons. The number of methoxy groups -OCH3 is 1. The minimum atomic E-state index is -0.379. The summed E-state index contributed by atoms with van der Waals surface area (Å²) in [5.41, 5.74) is 3.85. The van der Waals surface area contributed by atoms with Gasteiger partial charge in [0, 0.05) is 5.56 Å². The van der Waals surface area contributed by atoms with E-state index in [1.165, 1.54) is 6.07 Å². The van der Waals surface area contributed by atoms with E-state index in [0.717, 1.165) is 0 Å². The number of hydrogen-bond acceptors (Lipinski definition) is 4. The lowest BCUT2D eigenvalue weighted by Gasteiger charge is -2.10. The number of para-hydroxylation sites is 2. The summed E-state index contributed by atoms with van der Waals surface area (Å²) in [5, 5.41) is 6.87. The monoisotopic (exact) mass is 315 g/mol. The van der Waals surface area contributed by atoms with Crippen molar-refractivity contribution < 1.29 is 13.9 Å². The van der Waals surface area contributed by atoms with Crippen LogP contribution in [0.15, 0.2) is 53.6 Å². The van der Waals surface area contributed by atoms with E-state index in [9.17, 15) is 9.18 Å². The minimum absolute atomic E-state index is 0.0222. The highest BCUT2D eigenvalue weighted by atomic mass is 19.1. The lowest BCUT2D eigenvalue weighted by atomic mass is 10.1. The highest BCUT2D eigenvalue weighted by molar-refractivity contribution is 5.99. The summed E-state index contributed by atoms with van der Waals surface area (Å²) in [6.45, 7) is 1.65. The number of benzene rings is 2. The van der Waals surface area contributed by atoms with Crippen molar-refractivity contribution in [3.05, 3.63) is 59.9 Å². The SMILES string of the molecule is COc1ccccc1NCC(=O)N/N=C(/C)c1ccccc1F. The molecule has 2 rings (SSSR count). The van der Waals surface area contributed by atoms with Crippen LogP contribution in [0.1, 0.15) is 12.5 Å². The van der Waals surface area contributed by atoms with Gasteiger partial charge in [0.2, 0.25) is 0 Å². The summed E-state index contributed by atoms with van der Waals surface area (Å²) in [7, 11) is 1.56. The van der Waals surface area contributed by atoms with Crippen LogP contribution in [0.3, 0.4) is 0 Å². The molecule has 0 aliphatic heterocycles. The molecule has 2 aromatic carbocycles. The zero-order valence-corrected chi connectivity index (χ0v) is 13.0. The molecular weight excluding hydrogens is 297 g/mol. The van der Waals surface area contributed by atoms with Gasteiger partial charge in [-0.15, -0.1) is 0 Å². The number of amides is 1. The summed E-state index contributed by atoms with van der Waals surface area (Å²) in [6, 6.07) is 13.5. The summed E-state index contributed by atoms with van der Waals surface area (Å²) in [4.78, 5) is 11.8. The molecular formula is C17H18FN3O2. The van der Waals surface area contributed by atoms with Crippen molar-refractivity contribution in [1.29, 1.82) is 0 Å². The second-order valence-corrected chi connectivity index (χ2v) is 4.77. The maximum Gasteiger partial charge on any atom is 0.259 e. The molecule has 0 fully saturated rings. The van der Waals surface area contributed by atoms with Crippen LogP contribution < -0.4 is 15.5 Å². The van der Waals surface area contributed by atoms with Crippen LogP contribution in [0.2, 0.25) is 0 Å². The predicted molar refractivity (Wildman–Crippen MR) is 88.2 cm³/mol. The van der Waals surface area contributed by atoms with Gasteiger partial charge in [0.05, 0.1) is 25.1 Å². The van der Waals surface area contributed by atoms with Gasteiger partial charge in [-0.3, -0.25) is 4.79 Å². The van der Waals surface area contributed by atoms with Crippen LogP contribution >= 0.6 is 0 Å². The third kappa shape index (κ3) is 4.54. The number of hydrogen-bond donors (Lipinski definition) is 2. The molecule has 0 heterocycles. The second-order valence-electron chi connectivity index (χ2n) is 4.77. The zero-order valence-electron chi connectivity index (χ0n) is 13.0. The van der Waals surface area contributed by atoms with Gasteiger partial charge in [0.15, 0.2) is 0 Å². The van der Waals surface area contributed by atoms with Gasteiger partial charge in [-0.2, -0.15) is 5.10 Å². The third-order valence-corrected chi connectivity index (χ3v) is 3.16. The maximum atomic E-state index is 13.6. The van der Waals surface area contributed by atoms with Gasteiger partial charge in [-0.05, 0) is 25.1 Å². The molecule has 0 atom stereocenters. The number of anilines is 1. The molecule has 0 spiro atoms. The lowest BCUT2D eigenvalue weighted by Crippen LogP contribution is -2.27. The Morgan fingerprint density at radius 3 is 2.61 bits per heavy atom. The van der Waals surface area contributed by atoms with E-state index >= 15 is 0 Å². The molecule has 2 N–H and O–H groups in total. The van der Waals surface area contributed by atoms with Gasteiger partial charge in [-0.25, -0.2) is 9.82 Å². The highest BCUT2D eigenvalue weighted by Gasteiger charge is 2.06. The van der Waals surface area contributed by atoms with Crippen molar-refractivity contribution in [2.24, 2.45) is 5.10 Å². The molecule has 0 aromatic heterocycles. The predicted octanol–water partition coefficient (Wildman–Crippen LogP) is 2.79. The highest BCUT2D eigenvalue weighted by Crippen LogP contribution is 2.22. The van der Waals surface area contributed by atoms with E-state index in [4.69, 9.17) is 4.74 Å². The number of nitrogens with zero attached hydrogens (tertiary/aromatic N) is 1. The first-order valence-electron chi connectivity index (χ1n) is 7.06. The van der Waals surface area contributed by atoms with Crippen molar-refractivity contribution in [3.8, 4) is 5.75 Å². The Hall–Kier alpha value is -2.89. The van der Waals surface area contributed by atoms with Crippen molar-refractivity contribution >= 4 is 17.3 Å². The molecule has 1 amide bonds. The van der Waals surface area contributed by atoms with Crippen LogP contribution in [0.4, 0.5) is 10.1 Å². The fourth-order valence-electron chi connectivity index (χ4n) is 1.97. The largest absolute Gasteiger partial charge is 0.495 e. The number of carbonyl (C=O) groups is 1. The summed E-state index contributed by atoms with van der Waals surface area (Å²) >= 11 is 0. The van der Waals surface area contributed by atoms with Crippen LogP contribution in [0, 0.1) is 5.82 Å². The normalized spacial score (nSPS) is 11.0. The van der Waals surface area contributed by atoms with Crippen LogP contribution in [0.25, 0.3) is 0 Å². The van der Waals surface area contributed by atoms with E-state index in [2.05, 4.69) is 15.8 Å². The molecule has 2 aromatic rings. The smallest absolute Gasteiger partial charge is 0.259 e. The molecule has 0 saturated carbocycles. The van der Waals surface area contributed by atoms with Crippen molar-refractivity contribution in [2.75, 3.05) is 19.0 Å². The molecule has 0 radical (unpaired) electrons. The Bertz CT molecular complexity index is 716. The molecule has 5 nitrogen and oxygen atoms in total. The van der Waals surface area contributed by atoms with E-state index < -0.39 is 0 Å². The number of nitrogens with one attached hydrogen (secondary N) is 2. The minimum Gasteiger partial charge on any atom is -0.495 e. The first kappa shape index (κ1) is 16.5. The third-order valence-electron chi connectivity index (χ3n) is 3.16. The molecule has 0 saturated heterocycles. The zero-order chi connectivity index (χ0) is 16.7. The number of hydrazone groups is 1. The van der Waals surface area contributed by atoms with Gasteiger partial charge >= 0.3 is 0 Å². The van der Waals surface area contributed by atoms with Crippen LogP contribution in [0.5, 0.6) is 5.75 Å². The fraction of sp³-hybridized carbons (Fsp3) is 0.176. The van der Waals surface area contributed by atoms with E-state index in [1.54, 1.807) is 44.4 Å². The summed E-state index contributed by atoms with van der Waals surface area (Å²) in [6.07, 6.45) is 0. The van der Waals surface area contributed by atoms with Crippen LogP contribution in [-0.4, -0.2) is 25.3 Å². The Labute approximate surface area is 134 Å². The van der Waals surface area contributed by atoms with Crippen molar-refractivity contribution in [2.45, 2.75) is 6.92 Å². The van der Waals surface area contributed by atoms with E-state index in [1.807, 2.05) is 12.1 Å². The Morgan fingerprint density at radius 1 is 1.17 bits per heavy atom. The lowest BCUT2D eigenvalue weighted by molar-refractivity contribution is -0.119. The molecule has 0 bridgehead atoms. The Morgan fingerprint density at radius 2 is 1.87 bits per heavy atom. The van der Waals surface area contributed by atoms with Gasteiger partial charge in [-0.1, -0.05) is 30.3 Å².